The van der Waals surface area contributed by atoms with Crippen LogP contribution in [-0.2, 0) is 0 Å². The maximum atomic E-state index is 8.69. The molecule has 0 rings (SSSR count). The topological polar surface area (TPSA) is 23.5 Å². The highest BCUT2D eigenvalue weighted by Crippen LogP contribution is 2.03. The van der Waals surface area contributed by atoms with E-state index < -0.39 is 0 Å². The van der Waals surface area contributed by atoms with E-state index in [-0.39, 0.29) is 0 Å². The van der Waals surface area contributed by atoms with Crippen molar-refractivity contribution in [2.75, 3.05) is 27.2 Å². The van der Waals surface area contributed by atoms with Crippen molar-refractivity contribution in [1.29, 1.82) is 0 Å². The van der Waals surface area contributed by atoms with Gasteiger partial charge in [0.25, 0.3) is 0 Å². The number of nitrogens with zero attached hydrogens (tertiary/aromatic N) is 1. The molecule has 0 amide bonds. The second-order valence-corrected chi connectivity index (χ2v) is 3.23. The van der Waals surface area contributed by atoms with Gasteiger partial charge in [0.2, 0.25) is 0 Å². The van der Waals surface area contributed by atoms with Crippen molar-refractivity contribution in [3.8, 4) is 0 Å². The van der Waals surface area contributed by atoms with Crippen LogP contribution in [0.15, 0.2) is 0 Å². The minimum Gasteiger partial charge on any atom is -0.396 e. The first-order chi connectivity index (χ1) is 4.66. The molecule has 2 heteroatoms. The maximum Gasteiger partial charge on any atom is 0.0456 e. The third kappa shape index (κ3) is 6.05. The van der Waals surface area contributed by atoms with E-state index in [4.69, 9.17) is 5.11 Å². The van der Waals surface area contributed by atoms with Crippen LogP contribution in [0, 0.1) is 5.92 Å². The molecule has 10 heavy (non-hydrogen) atoms. The van der Waals surface area contributed by atoms with Gasteiger partial charge >= 0.3 is 0 Å². The van der Waals surface area contributed by atoms with Gasteiger partial charge in [-0.05, 0) is 39.4 Å². The predicted octanol–water partition coefficient (Wildman–Crippen LogP) is 0.957. The molecular formula is C8H19NO. The number of aliphatic hydroxyl groups is 1. The lowest BCUT2D eigenvalue weighted by Gasteiger charge is -2.11. The van der Waals surface area contributed by atoms with Crippen LogP contribution in [-0.4, -0.2) is 37.3 Å². The van der Waals surface area contributed by atoms with E-state index >= 15 is 0 Å². The van der Waals surface area contributed by atoms with Gasteiger partial charge in [-0.1, -0.05) is 6.92 Å². The maximum absolute atomic E-state index is 8.69. The molecule has 0 aliphatic rings. The fourth-order valence-electron chi connectivity index (χ4n) is 0.847. The van der Waals surface area contributed by atoms with Crippen LogP contribution in [0.1, 0.15) is 19.8 Å². The van der Waals surface area contributed by atoms with Crippen LogP contribution in [0.3, 0.4) is 0 Å². The SMILES string of the molecule is CC(CO)CCCN(C)C. The predicted molar refractivity (Wildman–Crippen MR) is 44.0 cm³/mol. The molecule has 0 aromatic rings. The fraction of sp³-hybridized carbons (Fsp3) is 1.00. The molecule has 0 saturated heterocycles. The van der Waals surface area contributed by atoms with Crippen LogP contribution in [0.25, 0.3) is 0 Å². The normalized spacial score (nSPS) is 14.1. The summed E-state index contributed by atoms with van der Waals surface area (Å²) in [5, 5.41) is 8.69. The molecule has 0 saturated carbocycles. The van der Waals surface area contributed by atoms with Crippen molar-refractivity contribution < 1.29 is 5.11 Å². The van der Waals surface area contributed by atoms with Crippen LogP contribution in [0.2, 0.25) is 0 Å². The zero-order valence-electron chi connectivity index (χ0n) is 7.30. The smallest absolute Gasteiger partial charge is 0.0456 e. The second kappa shape index (κ2) is 5.69. The highest BCUT2D eigenvalue weighted by atomic mass is 16.3. The third-order valence-corrected chi connectivity index (χ3v) is 1.61. The molecular weight excluding hydrogens is 126 g/mol. The highest BCUT2D eigenvalue weighted by molar-refractivity contribution is 4.52. The number of aliphatic hydroxyl groups excluding tert-OH is 1. The lowest BCUT2D eigenvalue weighted by Crippen LogP contribution is -2.14. The fourth-order valence-corrected chi connectivity index (χ4v) is 0.847. The van der Waals surface area contributed by atoms with Crippen LogP contribution >= 0.6 is 0 Å². The van der Waals surface area contributed by atoms with E-state index in [1.165, 1.54) is 6.42 Å². The molecule has 0 aliphatic carbocycles. The molecule has 0 aliphatic heterocycles. The Balaban J connectivity index is 3.03. The highest BCUT2D eigenvalue weighted by Gasteiger charge is 1.98. The van der Waals surface area contributed by atoms with Crippen molar-refractivity contribution in [3.05, 3.63) is 0 Å². The van der Waals surface area contributed by atoms with Gasteiger partial charge in [-0.25, -0.2) is 0 Å². The molecule has 0 aromatic heterocycles. The van der Waals surface area contributed by atoms with E-state index in [0.29, 0.717) is 12.5 Å². The molecule has 0 fully saturated rings. The summed E-state index contributed by atoms with van der Waals surface area (Å²) in [7, 11) is 4.15. The first-order valence-corrected chi connectivity index (χ1v) is 3.92. The second-order valence-electron chi connectivity index (χ2n) is 3.23. The molecule has 0 heterocycles. The number of rotatable bonds is 5. The Morgan fingerprint density at radius 3 is 2.40 bits per heavy atom. The molecule has 0 bridgehead atoms. The summed E-state index contributed by atoms with van der Waals surface area (Å²) < 4.78 is 0. The van der Waals surface area contributed by atoms with Gasteiger partial charge in [0, 0.05) is 6.61 Å². The van der Waals surface area contributed by atoms with E-state index in [9.17, 15) is 0 Å². The van der Waals surface area contributed by atoms with E-state index in [1.54, 1.807) is 0 Å². The summed E-state index contributed by atoms with van der Waals surface area (Å²) in [5.41, 5.74) is 0. The van der Waals surface area contributed by atoms with Crippen LogP contribution in [0.5, 0.6) is 0 Å². The van der Waals surface area contributed by atoms with Gasteiger partial charge in [-0.3, -0.25) is 0 Å². The lowest BCUT2D eigenvalue weighted by atomic mass is 10.1. The standard InChI is InChI=1S/C8H19NO/c1-8(7-10)5-4-6-9(2)3/h8,10H,4-7H2,1-3H3. The van der Waals surface area contributed by atoms with Crippen molar-refractivity contribution in [1.82, 2.24) is 4.90 Å². The van der Waals surface area contributed by atoms with Crippen molar-refractivity contribution >= 4 is 0 Å². The summed E-state index contributed by atoms with van der Waals surface area (Å²) in [6, 6.07) is 0. The Hall–Kier alpha value is -0.0800. The summed E-state index contributed by atoms with van der Waals surface area (Å²) >= 11 is 0. The van der Waals surface area contributed by atoms with E-state index in [1.807, 2.05) is 0 Å². The minimum atomic E-state index is 0.327. The van der Waals surface area contributed by atoms with Crippen LogP contribution < -0.4 is 0 Å². The third-order valence-electron chi connectivity index (χ3n) is 1.61. The Bertz CT molecular complexity index is 73.7. The summed E-state index contributed by atoms with van der Waals surface area (Å²) in [6.07, 6.45) is 2.32. The summed E-state index contributed by atoms with van der Waals surface area (Å²) in [5.74, 6) is 0.472. The molecule has 62 valence electrons. The molecule has 2 nitrogen and oxygen atoms in total. The Morgan fingerprint density at radius 2 is 2.00 bits per heavy atom. The van der Waals surface area contributed by atoms with Crippen molar-refractivity contribution in [2.45, 2.75) is 19.8 Å². The van der Waals surface area contributed by atoms with Gasteiger partial charge in [0.15, 0.2) is 0 Å². The van der Waals surface area contributed by atoms with Gasteiger partial charge in [0.05, 0.1) is 0 Å². The molecule has 1 unspecified atom stereocenters. The summed E-state index contributed by atoms with van der Waals surface area (Å²) in [4.78, 5) is 2.17. The zero-order valence-corrected chi connectivity index (χ0v) is 7.30. The number of hydrogen-bond acceptors (Lipinski definition) is 2. The Morgan fingerprint density at radius 1 is 1.40 bits per heavy atom. The average Bonchev–Trinajstić information content (AvgIpc) is 1.87. The monoisotopic (exact) mass is 145 g/mol. The minimum absolute atomic E-state index is 0.327. The quantitative estimate of drug-likeness (QED) is 0.623. The molecule has 1 atom stereocenters. The van der Waals surface area contributed by atoms with Gasteiger partial charge < -0.3 is 10.0 Å². The van der Waals surface area contributed by atoms with E-state index in [0.717, 1.165) is 13.0 Å². The van der Waals surface area contributed by atoms with E-state index in [2.05, 4.69) is 25.9 Å². The zero-order chi connectivity index (χ0) is 7.98. The Kier molecular flexibility index (Phi) is 5.64. The van der Waals surface area contributed by atoms with Gasteiger partial charge in [0.1, 0.15) is 0 Å². The number of hydrogen-bond donors (Lipinski definition) is 1. The largest absolute Gasteiger partial charge is 0.396 e. The molecule has 0 aromatic carbocycles. The molecule has 0 spiro atoms. The Labute approximate surface area is 63.8 Å². The van der Waals surface area contributed by atoms with Crippen LogP contribution in [0.4, 0.5) is 0 Å². The first-order valence-electron chi connectivity index (χ1n) is 3.92. The average molecular weight is 145 g/mol. The van der Waals surface area contributed by atoms with Crippen molar-refractivity contribution in [2.24, 2.45) is 5.92 Å². The molecule has 0 radical (unpaired) electrons. The first kappa shape index (κ1) is 9.92. The van der Waals surface area contributed by atoms with Crippen molar-refractivity contribution in [3.63, 3.8) is 0 Å². The molecule has 1 N–H and O–H groups in total. The van der Waals surface area contributed by atoms with Gasteiger partial charge in [-0.15, -0.1) is 0 Å². The lowest BCUT2D eigenvalue weighted by molar-refractivity contribution is 0.224. The van der Waals surface area contributed by atoms with Gasteiger partial charge in [-0.2, -0.15) is 0 Å². The summed E-state index contributed by atoms with van der Waals surface area (Å²) in [6.45, 7) is 3.54.